The number of piperidine rings is 1. The second-order valence-electron chi connectivity index (χ2n) is 7.57. The Labute approximate surface area is 184 Å². The van der Waals surface area contributed by atoms with Crippen molar-refractivity contribution in [3.05, 3.63) is 70.3 Å². The van der Waals surface area contributed by atoms with E-state index in [1.54, 1.807) is 0 Å². The van der Waals surface area contributed by atoms with Crippen molar-refractivity contribution in [1.82, 2.24) is 9.88 Å². The molecule has 0 radical (unpaired) electrons. The third-order valence-electron chi connectivity index (χ3n) is 5.65. The van der Waals surface area contributed by atoms with Crippen LogP contribution in [0.4, 0.5) is 0 Å². The number of hydrogen-bond acceptors (Lipinski definition) is 4. The fourth-order valence-electron chi connectivity index (χ4n) is 4.34. The molecule has 30 heavy (non-hydrogen) atoms. The van der Waals surface area contributed by atoms with E-state index in [4.69, 9.17) is 4.74 Å². The van der Waals surface area contributed by atoms with Crippen LogP contribution in [0.2, 0.25) is 0 Å². The molecule has 2 atom stereocenters. The molecule has 3 aromatic rings. The van der Waals surface area contributed by atoms with Gasteiger partial charge in [-0.25, -0.2) is 0 Å². The standard InChI is InChI=1S/C24H25BrN2O3/c1-2-30-22-11-10-18(25)14-19(22)23(27-12-6-5-9-21(27)24(28)29)17-13-16-7-3-4-8-20(16)26-15-17/h3-4,7-8,10-11,13-15,21,23H,2,5-6,9,12H2,1H3,(H,28,29). The van der Waals surface area contributed by atoms with Gasteiger partial charge in [0.1, 0.15) is 11.8 Å². The summed E-state index contributed by atoms with van der Waals surface area (Å²) >= 11 is 3.59. The molecule has 156 valence electrons. The van der Waals surface area contributed by atoms with E-state index in [-0.39, 0.29) is 6.04 Å². The minimum absolute atomic E-state index is 0.262. The second-order valence-corrected chi connectivity index (χ2v) is 8.48. The molecule has 1 aliphatic heterocycles. The average Bonchev–Trinajstić information content (AvgIpc) is 2.76. The lowest BCUT2D eigenvalue weighted by Crippen LogP contribution is -2.47. The summed E-state index contributed by atoms with van der Waals surface area (Å²) in [6.07, 6.45) is 4.41. The number of nitrogens with zero attached hydrogens (tertiary/aromatic N) is 2. The molecule has 1 saturated heterocycles. The summed E-state index contributed by atoms with van der Waals surface area (Å²) in [6.45, 7) is 3.21. The third kappa shape index (κ3) is 4.20. The Kier molecular flexibility index (Phi) is 6.35. The summed E-state index contributed by atoms with van der Waals surface area (Å²) in [5.74, 6) is -0.00465. The molecule has 0 spiro atoms. The fourth-order valence-corrected chi connectivity index (χ4v) is 4.71. The van der Waals surface area contributed by atoms with Crippen LogP contribution in [0.15, 0.2) is 59.2 Å². The normalized spacial score (nSPS) is 18.3. The molecule has 2 unspecified atom stereocenters. The van der Waals surface area contributed by atoms with Gasteiger partial charge >= 0.3 is 5.97 Å². The lowest BCUT2D eigenvalue weighted by molar-refractivity contribution is -0.145. The molecular weight excluding hydrogens is 444 g/mol. The van der Waals surface area contributed by atoms with Crippen LogP contribution in [0.5, 0.6) is 5.75 Å². The van der Waals surface area contributed by atoms with Crippen molar-refractivity contribution in [1.29, 1.82) is 0 Å². The molecular formula is C24H25BrN2O3. The van der Waals surface area contributed by atoms with E-state index in [1.165, 1.54) is 0 Å². The number of fused-ring (bicyclic) bond motifs is 1. The smallest absolute Gasteiger partial charge is 0.320 e. The van der Waals surface area contributed by atoms with E-state index >= 15 is 0 Å². The van der Waals surface area contributed by atoms with Crippen LogP contribution in [0.3, 0.4) is 0 Å². The number of halogens is 1. The van der Waals surface area contributed by atoms with Crippen molar-refractivity contribution in [3.8, 4) is 5.75 Å². The SMILES string of the molecule is CCOc1ccc(Br)cc1C(c1cnc2ccccc2c1)N1CCCCC1C(=O)O. The Balaban J connectivity index is 1.90. The van der Waals surface area contributed by atoms with Crippen molar-refractivity contribution < 1.29 is 14.6 Å². The van der Waals surface area contributed by atoms with Crippen LogP contribution in [0.25, 0.3) is 10.9 Å². The number of rotatable bonds is 6. The Morgan fingerprint density at radius 3 is 2.90 bits per heavy atom. The van der Waals surface area contributed by atoms with Gasteiger partial charge in [0.05, 0.1) is 18.2 Å². The first-order valence-corrected chi connectivity index (χ1v) is 11.1. The Bertz CT molecular complexity index is 1060. The zero-order chi connectivity index (χ0) is 21.1. The van der Waals surface area contributed by atoms with Crippen molar-refractivity contribution in [2.24, 2.45) is 0 Å². The number of carboxylic acid groups (broad SMARTS) is 1. The monoisotopic (exact) mass is 468 g/mol. The maximum Gasteiger partial charge on any atom is 0.320 e. The van der Waals surface area contributed by atoms with Gasteiger partial charge in [0.15, 0.2) is 0 Å². The maximum atomic E-state index is 12.1. The number of hydrogen-bond donors (Lipinski definition) is 1. The first-order chi connectivity index (χ1) is 14.6. The second kappa shape index (κ2) is 9.14. The van der Waals surface area contributed by atoms with Crippen molar-refractivity contribution in [2.75, 3.05) is 13.2 Å². The summed E-state index contributed by atoms with van der Waals surface area (Å²) in [5, 5.41) is 11.0. The molecule has 1 N–H and O–H groups in total. The molecule has 0 amide bonds. The summed E-state index contributed by atoms with van der Waals surface area (Å²) in [5.41, 5.74) is 2.85. The summed E-state index contributed by atoms with van der Waals surface area (Å²) < 4.78 is 6.89. The molecule has 5 nitrogen and oxygen atoms in total. The predicted molar refractivity (Wildman–Crippen MR) is 121 cm³/mol. The number of aliphatic carboxylic acids is 1. The predicted octanol–water partition coefficient (Wildman–Crippen LogP) is 5.42. The molecule has 4 rings (SSSR count). The lowest BCUT2D eigenvalue weighted by atomic mass is 9.91. The minimum Gasteiger partial charge on any atom is -0.494 e. The van der Waals surface area contributed by atoms with Crippen molar-refractivity contribution in [2.45, 2.75) is 38.3 Å². The van der Waals surface area contributed by atoms with E-state index in [1.807, 2.05) is 55.6 Å². The van der Waals surface area contributed by atoms with Gasteiger partial charge in [-0.3, -0.25) is 14.7 Å². The summed E-state index contributed by atoms with van der Waals surface area (Å²) in [4.78, 5) is 18.9. The van der Waals surface area contributed by atoms with E-state index < -0.39 is 12.0 Å². The molecule has 0 bridgehead atoms. The number of carbonyl (C=O) groups is 1. The highest BCUT2D eigenvalue weighted by Gasteiger charge is 2.36. The van der Waals surface area contributed by atoms with E-state index in [0.29, 0.717) is 19.6 Å². The molecule has 2 aromatic carbocycles. The summed E-state index contributed by atoms with van der Waals surface area (Å²) in [6, 6.07) is 15.3. The van der Waals surface area contributed by atoms with Crippen LogP contribution in [-0.2, 0) is 4.79 Å². The van der Waals surface area contributed by atoms with Gasteiger partial charge in [-0.1, -0.05) is 40.5 Å². The number of ether oxygens (including phenoxy) is 1. The number of pyridine rings is 1. The molecule has 1 fully saturated rings. The zero-order valence-electron chi connectivity index (χ0n) is 16.9. The van der Waals surface area contributed by atoms with Crippen LogP contribution < -0.4 is 4.74 Å². The Morgan fingerprint density at radius 2 is 2.10 bits per heavy atom. The van der Waals surface area contributed by atoms with Crippen LogP contribution in [0, 0.1) is 0 Å². The number of aromatic nitrogens is 1. The van der Waals surface area contributed by atoms with Gasteiger partial charge in [0, 0.05) is 21.6 Å². The van der Waals surface area contributed by atoms with Crippen LogP contribution in [0.1, 0.15) is 43.4 Å². The van der Waals surface area contributed by atoms with Gasteiger partial charge < -0.3 is 9.84 Å². The van der Waals surface area contributed by atoms with Crippen LogP contribution >= 0.6 is 15.9 Å². The van der Waals surface area contributed by atoms with Crippen molar-refractivity contribution >= 4 is 32.8 Å². The minimum atomic E-state index is -0.776. The largest absolute Gasteiger partial charge is 0.494 e. The Morgan fingerprint density at radius 1 is 1.27 bits per heavy atom. The molecule has 1 aliphatic rings. The van der Waals surface area contributed by atoms with Gasteiger partial charge in [-0.05, 0) is 62.2 Å². The van der Waals surface area contributed by atoms with E-state index in [0.717, 1.165) is 45.1 Å². The molecule has 0 saturated carbocycles. The highest BCUT2D eigenvalue weighted by Crippen LogP contribution is 2.40. The lowest BCUT2D eigenvalue weighted by Gasteiger charge is -2.40. The molecule has 1 aromatic heterocycles. The number of carboxylic acids is 1. The quantitative estimate of drug-likeness (QED) is 0.522. The fraction of sp³-hybridized carbons (Fsp3) is 0.333. The number of likely N-dealkylation sites (tertiary alicyclic amines) is 1. The van der Waals surface area contributed by atoms with Gasteiger partial charge in [-0.2, -0.15) is 0 Å². The average molecular weight is 469 g/mol. The van der Waals surface area contributed by atoms with Gasteiger partial charge in [0.25, 0.3) is 0 Å². The maximum absolute atomic E-state index is 12.1. The van der Waals surface area contributed by atoms with Crippen LogP contribution in [-0.4, -0.2) is 40.2 Å². The Hall–Kier alpha value is -2.44. The van der Waals surface area contributed by atoms with E-state index in [2.05, 4.69) is 31.9 Å². The summed E-state index contributed by atoms with van der Waals surface area (Å²) in [7, 11) is 0. The number of benzene rings is 2. The number of para-hydroxylation sites is 1. The topological polar surface area (TPSA) is 62.7 Å². The highest BCUT2D eigenvalue weighted by molar-refractivity contribution is 9.10. The third-order valence-corrected chi connectivity index (χ3v) is 6.15. The highest BCUT2D eigenvalue weighted by atomic mass is 79.9. The molecule has 2 heterocycles. The van der Waals surface area contributed by atoms with Crippen molar-refractivity contribution in [3.63, 3.8) is 0 Å². The van der Waals surface area contributed by atoms with E-state index in [9.17, 15) is 9.90 Å². The first kappa shape index (κ1) is 20.8. The molecule has 6 heteroatoms. The van der Waals surface area contributed by atoms with Gasteiger partial charge in [-0.15, -0.1) is 0 Å². The first-order valence-electron chi connectivity index (χ1n) is 10.3. The molecule has 0 aliphatic carbocycles. The van der Waals surface area contributed by atoms with Gasteiger partial charge in [0.2, 0.25) is 0 Å². The zero-order valence-corrected chi connectivity index (χ0v) is 18.5.